The number of nitrogens with one attached hydrogen (secondary N) is 3. The van der Waals surface area contributed by atoms with E-state index in [1.165, 1.54) is 12.1 Å². The SMILES string of the molecule is O=C(CNC(=O)NCc1ccc(F)cc1)NC1CCOc2ccc(Br)cc21. The predicted octanol–water partition coefficient (Wildman–Crippen LogP) is 3.03. The summed E-state index contributed by atoms with van der Waals surface area (Å²) < 4.78 is 19.3. The topological polar surface area (TPSA) is 79.5 Å². The molecule has 0 spiro atoms. The lowest BCUT2D eigenvalue weighted by Gasteiger charge is -2.27. The second-order valence-corrected chi connectivity index (χ2v) is 7.02. The first kappa shape index (κ1) is 19.2. The van der Waals surface area contributed by atoms with Crippen molar-refractivity contribution in [1.82, 2.24) is 16.0 Å². The van der Waals surface area contributed by atoms with Gasteiger partial charge in [0.05, 0.1) is 19.2 Å². The number of benzene rings is 2. The van der Waals surface area contributed by atoms with Gasteiger partial charge in [-0.15, -0.1) is 0 Å². The third-order valence-corrected chi connectivity index (χ3v) is 4.62. The van der Waals surface area contributed by atoms with Crippen LogP contribution < -0.4 is 20.7 Å². The maximum Gasteiger partial charge on any atom is 0.315 e. The molecule has 3 rings (SSSR count). The molecule has 3 amide bonds. The first-order valence-corrected chi connectivity index (χ1v) is 9.28. The van der Waals surface area contributed by atoms with Gasteiger partial charge in [0.25, 0.3) is 0 Å². The summed E-state index contributed by atoms with van der Waals surface area (Å²) in [6.07, 6.45) is 0.659. The van der Waals surface area contributed by atoms with Crippen LogP contribution in [-0.4, -0.2) is 25.1 Å². The van der Waals surface area contributed by atoms with Gasteiger partial charge >= 0.3 is 6.03 Å². The number of hydrogen-bond donors (Lipinski definition) is 3. The summed E-state index contributed by atoms with van der Waals surface area (Å²) in [5.41, 5.74) is 1.67. The van der Waals surface area contributed by atoms with Crippen molar-refractivity contribution >= 4 is 27.9 Å². The van der Waals surface area contributed by atoms with E-state index in [0.29, 0.717) is 13.0 Å². The quantitative estimate of drug-likeness (QED) is 0.675. The van der Waals surface area contributed by atoms with Crippen LogP contribution in [0, 0.1) is 5.82 Å². The maximum atomic E-state index is 12.8. The van der Waals surface area contributed by atoms with Gasteiger partial charge in [-0.05, 0) is 35.9 Å². The molecule has 6 nitrogen and oxygen atoms in total. The average Bonchev–Trinajstić information content (AvgIpc) is 2.66. The number of hydrogen-bond acceptors (Lipinski definition) is 3. The summed E-state index contributed by atoms with van der Waals surface area (Å²) in [5, 5.41) is 8.05. The molecular formula is C19H19BrFN3O3. The highest BCUT2D eigenvalue weighted by atomic mass is 79.9. The largest absolute Gasteiger partial charge is 0.493 e. The zero-order valence-electron chi connectivity index (χ0n) is 14.4. The smallest absolute Gasteiger partial charge is 0.315 e. The molecule has 1 aliphatic heterocycles. The summed E-state index contributed by atoms with van der Waals surface area (Å²) in [7, 11) is 0. The molecule has 3 N–H and O–H groups in total. The predicted molar refractivity (Wildman–Crippen MR) is 102 cm³/mol. The summed E-state index contributed by atoms with van der Waals surface area (Å²) >= 11 is 3.42. The van der Waals surface area contributed by atoms with Gasteiger partial charge in [0, 0.05) is 23.0 Å². The van der Waals surface area contributed by atoms with Crippen molar-refractivity contribution in [3.8, 4) is 5.75 Å². The third kappa shape index (κ3) is 5.43. The fourth-order valence-electron chi connectivity index (χ4n) is 2.77. The Labute approximate surface area is 164 Å². The van der Waals surface area contributed by atoms with Gasteiger partial charge in [0.1, 0.15) is 11.6 Å². The molecular weight excluding hydrogens is 417 g/mol. The number of rotatable bonds is 5. The molecule has 0 bridgehead atoms. The minimum absolute atomic E-state index is 0.143. The molecule has 1 atom stereocenters. The Balaban J connectivity index is 1.45. The Morgan fingerprint density at radius 2 is 1.93 bits per heavy atom. The Hall–Kier alpha value is -2.61. The Morgan fingerprint density at radius 3 is 2.70 bits per heavy atom. The lowest BCUT2D eigenvalue weighted by atomic mass is 10.0. The van der Waals surface area contributed by atoms with Crippen molar-refractivity contribution in [2.75, 3.05) is 13.2 Å². The van der Waals surface area contributed by atoms with Gasteiger partial charge in [0.15, 0.2) is 0 Å². The first-order chi connectivity index (χ1) is 13.0. The molecule has 142 valence electrons. The van der Waals surface area contributed by atoms with Gasteiger partial charge in [-0.3, -0.25) is 4.79 Å². The average molecular weight is 436 g/mol. The number of carbonyl (C=O) groups is 2. The molecule has 2 aromatic rings. The lowest BCUT2D eigenvalue weighted by Crippen LogP contribution is -2.43. The fourth-order valence-corrected chi connectivity index (χ4v) is 3.15. The summed E-state index contributed by atoms with van der Waals surface area (Å²) in [6.45, 7) is 0.621. The molecule has 0 saturated heterocycles. The molecule has 0 fully saturated rings. The summed E-state index contributed by atoms with van der Waals surface area (Å²) in [4.78, 5) is 24.0. The zero-order valence-corrected chi connectivity index (χ0v) is 16.0. The molecule has 0 aromatic heterocycles. The van der Waals surface area contributed by atoms with Crippen LogP contribution in [0.15, 0.2) is 46.9 Å². The second kappa shape index (κ2) is 8.85. The Bertz CT molecular complexity index is 829. The van der Waals surface area contributed by atoms with Crippen molar-refractivity contribution in [2.24, 2.45) is 0 Å². The van der Waals surface area contributed by atoms with E-state index < -0.39 is 6.03 Å². The van der Waals surface area contributed by atoms with Crippen molar-refractivity contribution in [3.63, 3.8) is 0 Å². The van der Waals surface area contributed by atoms with Crippen molar-refractivity contribution < 1.29 is 18.7 Å². The van der Waals surface area contributed by atoms with E-state index in [4.69, 9.17) is 4.74 Å². The van der Waals surface area contributed by atoms with E-state index in [-0.39, 0.29) is 30.9 Å². The van der Waals surface area contributed by atoms with Gasteiger partial charge in [-0.1, -0.05) is 28.1 Å². The number of amides is 3. The van der Waals surface area contributed by atoms with E-state index in [2.05, 4.69) is 31.9 Å². The zero-order chi connectivity index (χ0) is 19.2. The van der Waals surface area contributed by atoms with E-state index >= 15 is 0 Å². The van der Waals surface area contributed by atoms with Crippen LogP contribution in [0.2, 0.25) is 0 Å². The molecule has 1 heterocycles. The molecule has 27 heavy (non-hydrogen) atoms. The number of urea groups is 1. The van der Waals surface area contributed by atoms with E-state index in [9.17, 15) is 14.0 Å². The fraction of sp³-hybridized carbons (Fsp3) is 0.263. The molecule has 2 aromatic carbocycles. The Kier molecular flexibility index (Phi) is 6.28. The summed E-state index contributed by atoms with van der Waals surface area (Å²) in [6, 6.07) is 10.9. The van der Waals surface area contributed by atoms with Crippen molar-refractivity contribution in [3.05, 3.63) is 63.9 Å². The van der Waals surface area contributed by atoms with Crippen LogP contribution >= 0.6 is 15.9 Å². The highest BCUT2D eigenvalue weighted by Gasteiger charge is 2.23. The normalized spacial score (nSPS) is 15.3. The van der Waals surface area contributed by atoms with Gasteiger partial charge in [0.2, 0.25) is 5.91 Å². The monoisotopic (exact) mass is 435 g/mol. The third-order valence-electron chi connectivity index (χ3n) is 4.12. The van der Waals surface area contributed by atoms with Gasteiger partial charge in [-0.25, -0.2) is 9.18 Å². The van der Waals surface area contributed by atoms with Gasteiger partial charge < -0.3 is 20.7 Å². The highest BCUT2D eigenvalue weighted by molar-refractivity contribution is 9.10. The standard InChI is InChI=1S/C19H19BrFN3O3/c20-13-3-6-17-15(9-13)16(7-8-27-17)24-18(25)11-23-19(26)22-10-12-1-4-14(21)5-2-12/h1-6,9,16H,7-8,10-11H2,(H,24,25)(H2,22,23,26). The molecule has 0 saturated carbocycles. The minimum Gasteiger partial charge on any atom is -0.493 e. The number of carbonyl (C=O) groups excluding carboxylic acids is 2. The maximum absolute atomic E-state index is 12.8. The molecule has 0 radical (unpaired) electrons. The van der Waals surface area contributed by atoms with Crippen LogP contribution in [0.3, 0.4) is 0 Å². The summed E-state index contributed by atoms with van der Waals surface area (Å²) in [5.74, 6) is 0.131. The van der Waals surface area contributed by atoms with E-state index in [1.807, 2.05) is 18.2 Å². The second-order valence-electron chi connectivity index (χ2n) is 6.10. The van der Waals surface area contributed by atoms with Crippen LogP contribution in [0.1, 0.15) is 23.6 Å². The van der Waals surface area contributed by atoms with Crippen LogP contribution in [0.4, 0.5) is 9.18 Å². The molecule has 1 unspecified atom stereocenters. The molecule has 0 aliphatic carbocycles. The van der Waals surface area contributed by atoms with Gasteiger partial charge in [-0.2, -0.15) is 0 Å². The van der Waals surface area contributed by atoms with Crippen LogP contribution in [0.5, 0.6) is 5.75 Å². The Morgan fingerprint density at radius 1 is 1.15 bits per heavy atom. The van der Waals surface area contributed by atoms with Crippen molar-refractivity contribution in [1.29, 1.82) is 0 Å². The van der Waals surface area contributed by atoms with Crippen LogP contribution in [0.25, 0.3) is 0 Å². The first-order valence-electron chi connectivity index (χ1n) is 8.49. The van der Waals surface area contributed by atoms with Crippen LogP contribution in [-0.2, 0) is 11.3 Å². The molecule has 1 aliphatic rings. The van der Waals surface area contributed by atoms with E-state index in [0.717, 1.165) is 21.3 Å². The number of halogens is 2. The minimum atomic E-state index is -0.468. The molecule has 8 heteroatoms. The number of ether oxygens (including phenoxy) is 1. The highest BCUT2D eigenvalue weighted by Crippen LogP contribution is 2.33. The lowest BCUT2D eigenvalue weighted by molar-refractivity contribution is -0.121. The number of fused-ring (bicyclic) bond motifs is 1. The van der Waals surface area contributed by atoms with E-state index in [1.54, 1.807) is 12.1 Å². The van der Waals surface area contributed by atoms with Crippen molar-refractivity contribution in [2.45, 2.75) is 19.0 Å².